The predicted molar refractivity (Wildman–Crippen MR) is 76.7 cm³/mol. The van der Waals surface area contributed by atoms with Crippen molar-refractivity contribution in [3.05, 3.63) is 47.2 Å². The molecular weight excluding hydrogens is 335 g/mol. The highest BCUT2D eigenvalue weighted by Gasteiger charge is 2.22. The first kappa shape index (κ1) is 14.9. The van der Waals surface area contributed by atoms with Gasteiger partial charge in [0.2, 0.25) is 0 Å². The quantitative estimate of drug-likeness (QED) is 0.801. The zero-order valence-electron chi connectivity index (χ0n) is 11.1. The summed E-state index contributed by atoms with van der Waals surface area (Å²) in [7, 11) is -4.12. The molecule has 0 aliphatic carbocycles. The summed E-state index contributed by atoms with van der Waals surface area (Å²) in [6.07, 6.45) is 0. The van der Waals surface area contributed by atoms with E-state index in [2.05, 4.69) is 0 Å². The van der Waals surface area contributed by atoms with Crippen molar-refractivity contribution >= 4 is 21.7 Å². The van der Waals surface area contributed by atoms with E-state index < -0.39 is 15.9 Å². The fraction of sp³-hybridized carbons (Fsp3) is 0.143. The smallest absolute Gasteiger partial charge is 0.339 e. The van der Waals surface area contributed by atoms with Crippen molar-refractivity contribution in [2.75, 3.05) is 13.2 Å². The zero-order chi connectivity index (χ0) is 15.7. The lowest BCUT2D eigenvalue weighted by Gasteiger charge is -2.18. The Labute approximate surface area is 131 Å². The molecule has 0 atom stereocenters. The van der Waals surface area contributed by atoms with Gasteiger partial charge in [0.25, 0.3) is 0 Å². The fourth-order valence-corrected chi connectivity index (χ4v) is 3.10. The second kappa shape index (κ2) is 5.66. The van der Waals surface area contributed by atoms with Gasteiger partial charge in [0.15, 0.2) is 17.2 Å². The molecule has 0 radical (unpaired) electrons. The SMILES string of the molecule is O=S(=O)(Oc1ccc(F)cc1Cl)c1ccc2c(c1)OCCO2. The van der Waals surface area contributed by atoms with Crippen LogP contribution in [0.1, 0.15) is 0 Å². The summed E-state index contributed by atoms with van der Waals surface area (Å²) >= 11 is 5.76. The maximum Gasteiger partial charge on any atom is 0.339 e. The van der Waals surface area contributed by atoms with Gasteiger partial charge in [-0.05, 0) is 30.3 Å². The average Bonchev–Trinajstić information content (AvgIpc) is 2.49. The van der Waals surface area contributed by atoms with Crippen LogP contribution in [0.2, 0.25) is 5.02 Å². The molecule has 1 heterocycles. The summed E-state index contributed by atoms with van der Waals surface area (Å²) in [4.78, 5) is -0.114. The number of fused-ring (bicyclic) bond motifs is 1. The Kier molecular flexibility index (Phi) is 3.84. The molecule has 3 rings (SSSR count). The number of hydrogen-bond donors (Lipinski definition) is 0. The average molecular weight is 345 g/mol. The molecule has 0 unspecified atom stereocenters. The lowest BCUT2D eigenvalue weighted by molar-refractivity contribution is 0.171. The number of halogens is 2. The van der Waals surface area contributed by atoms with E-state index in [4.69, 9.17) is 25.3 Å². The van der Waals surface area contributed by atoms with Crippen LogP contribution in [0.25, 0.3) is 0 Å². The normalized spacial score (nSPS) is 13.7. The van der Waals surface area contributed by atoms with Crippen molar-refractivity contribution < 1.29 is 26.5 Å². The number of ether oxygens (including phenoxy) is 2. The second-order valence-electron chi connectivity index (χ2n) is 4.42. The molecule has 0 fully saturated rings. The van der Waals surface area contributed by atoms with Gasteiger partial charge in [0.1, 0.15) is 23.9 Å². The van der Waals surface area contributed by atoms with Gasteiger partial charge in [-0.15, -0.1) is 0 Å². The summed E-state index contributed by atoms with van der Waals surface area (Å²) in [5.41, 5.74) is 0. The zero-order valence-corrected chi connectivity index (χ0v) is 12.7. The molecule has 116 valence electrons. The molecular formula is C14H10ClFO5S. The molecule has 1 aliphatic rings. The standard InChI is InChI=1S/C14H10ClFO5S/c15-11-7-9(16)1-3-12(11)21-22(17,18)10-2-4-13-14(8-10)20-6-5-19-13/h1-4,7-8H,5-6H2. The van der Waals surface area contributed by atoms with E-state index in [1.807, 2.05) is 0 Å². The number of rotatable bonds is 3. The molecule has 0 bridgehead atoms. The van der Waals surface area contributed by atoms with Crippen molar-refractivity contribution in [1.29, 1.82) is 0 Å². The van der Waals surface area contributed by atoms with Gasteiger partial charge in [-0.3, -0.25) is 0 Å². The molecule has 8 heteroatoms. The van der Waals surface area contributed by atoms with E-state index >= 15 is 0 Å². The molecule has 0 saturated carbocycles. The van der Waals surface area contributed by atoms with Crippen molar-refractivity contribution in [1.82, 2.24) is 0 Å². The summed E-state index contributed by atoms with van der Waals surface area (Å²) < 4.78 is 53.1. The van der Waals surface area contributed by atoms with Gasteiger partial charge in [0, 0.05) is 6.07 Å². The first-order chi connectivity index (χ1) is 10.5. The van der Waals surface area contributed by atoms with Crippen LogP contribution in [-0.2, 0) is 10.1 Å². The predicted octanol–water partition coefficient (Wildman–Crippen LogP) is 3.02. The fourth-order valence-electron chi connectivity index (χ4n) is 1.89. The minimum atomic E-state index is -4.12. The van der Waals surface area contributed by atoms with E-state index in [0.717, 1.165) is 18.2 Å². The summed E-state index contributed by atoms with van der Waals surface area (Å²) in [5, 5.41) is -0.138. The Morgan fingerprint density at radius 2 is 1.77 bits per heavy atom. The van der Waals surface area contributed by atoms with Crippen LogP contribution in [0.3, 0.4) is 0 Å². The van der Waals surface area contributed by atoms with Crippen molar-refractivity contribution in [2.45, 2.75) is 4.90 Å². The highest BCUT2D eigenvalue weighted by Crippen LogP contribution is 2.34. The van der Waals surface area contributed by atoms with E-state index in [9.17, 15) is 12.8 Å². The van der Waals surface area contributed by atoms with E-state index in [0.29, 0.717) is 24.7 Å². The largest absolute Gasteiger partial charge is 0.486 e. The first-order valence-corrected chi connectivity index (χ1v) is 8.03. The minimum absolute atomic E-state index is 0.114. The summed E-state index contributed by atoms with van der Waals surface area (Å²) in [6, 6.07) is 7.29. The number of hydrogen-bond acceptors (Lipinski definition) is 5. The van der Waals surface area contributed by atoms with Crippen LogP contribution in [-0.4, -0.2) is 21.6 Å². The van der Waals surface area contributed by atoms with Crippen LogP contribution >= 0.6 is 11.6 Å². The summed E-state index contributed by atoms with van der Waals surface area (Å²) in [6.45, 7) is 0.738. The molecule has 0 N–H and O–H groups in total. The third kappa shape index (κ3) is 2.95. The third-order valence-corrected chi connectivity index (χ3v) is 4.42. The van der Waals surface area contributed by atoms with E-state index in [1.54, 1.807) is 0 Å². The van der Waals surface area contributed by atoms with Crippen molar-refractivity contribution in [2.24, 2.45) is 0 Å². The maximum absolute atomic E-state index is 13.0. The van der Waals surface area contributed by atoms with Gasteiger partial charge in [-0.25, -0.2) is 4.39 Å². The minimum Gasteiger partial charge on any atom is -0.486 e. The van der Waals surface area contributed by atoms with Gasteiger partial charge < -0.3 is 13.7 Å². The van der Waals surface area contributed by atoms with Crippen LogP contribution in [0.15, 0.2) is 41.3 Å². The topological polar surface area (TPSA) is 61.8 Å². The van der Waals surface area contributed by atoms with Gasteiger partial charge in [-0.1, -0.05) is 11.6 Å². The highest BCUT2D eigenvalue weighted by molar-refractivity contribution is 7.87. The van der Waals surface area contributed by atoms with Crippen molar-refractivity contribution in [3.8, 4) is 17.2 Å². The monoisotopic (exact) mass is 344 g/mol. The highest BCUT2D eigenvalue weighted by atomic mass is 35.5. The molecule has 2 aromatic rings. The molecule has 0 amide bonds. The first-order valence-electron chi connectivity index (χ1n) is 6.25. The Balaban J connectivity index is 1.92. The van der Waals surface area contributed by atoms with Crippen LogP contribution in [0.4, 0.5) is 4.39 Å². The van der Waals surface area contributed by atoms with E-state index in [1.165, 1.54) is 18.2 Å². The van der Waals surface area contributed by atoms with Crippen molar-refractivity contribution in [3.63, 3.8) is 0 Å². The Morgan fingerprint density at radius 3 is 2.50 bits per heavy atom. The van der Waals surface area contributed by atoms with Gasteiger partial charge in [0.05, 0.1) is 5.02 Å². The van der Waals surface area contributed by atoms with Crippen LogP contribution < -0.4 is 13.7 Å². The Hall–Kier alpha value is -1.99. The lowest BCUT2D eigenvalue weighted by Crippen LogP contribution is -2.16. The van der Waals surface area contributed by atoms with E-state index in [-0.39, 0.29) is 15.7 Å². The third-order valence-electron chi connectivity index (χ3n) is 2.90. The lowest BCUT2D eigenvalue weighted by atomic mass is 10.3. The summed E-state index contributed by atoms with van der Waals surface area (Å²) in [5.74, 6) is 0.0400. The molecule has 0 aromatic heterocycles. The molecule has 0 saturated heterocycles. The van der Waals surface area contributed by atoms with Gasteiger partial charge >= 0.3 is 10.1 Å². The van der Waals surface area contributed by atoms with Crippen LogP contribution in [0, 0.1) is 5.82 Å². The molecule has 2 aromatic carbocycles. The number of benzene rings is 2. The van der Waals surface area contributed by atoms with Gasteiger partial charge in [-0.2, -0.15) is 8.42 Å². The Bertz CT molecular complexity index is 822. The molecule has 22 heavy (non-hydrogen) atoms. The Morgan fingerprint density at radius 1 is 1.05 bits per heavy atom. The van der Waals surface area contributed by atoms with Crippen LogP contribution in [0.5, 0.6) is 17.2 Å². The maximum atomic E-state index is 13.0. The molecule has 1 aliphatic heterocycles. The molecule has 5 nitrogen and oxygen atoms in total. The second-order valence-corrected chi connectivity index (χ2v) is 6.37. The molecule has 0 spiro atoms.